The molecule has 58 heavy (non-hydrogen) atoms. The van der Waals surface area contributed by atoms with Crippen LogP contribution in [0.1, 0.15) is 251 Å². The normalized spacial score (nSPS) is 20.7. The van der Waals surface area contributed by atoms with Crippen molar-refractivity contribution < 1.29 is 39.8 Å². The zero-order valence-corrected chi connectivity index (χ0v) is 38.1. The molecule has 0 aromatic heterocycles. The zero-order valence-electron chi connectivity index (χ0n) is 38.1. The van der Waals surface area contributed by atoms with Gasteiger partial charge in [0.1, 0.15) is 24.4 Å². The summed E-state index contributed by atoms with van der Waals surface area (Å²) >= 11 is 0. The lowest BCUT2D eigenvalue weighted by Gasteiger charge is -2.40. The van der Waals surface area contributed by atoms with Gasteiger partial charge in [-0.15, -0.1) is 0 Å². The minimum absolute atomic E-state index is 0.132. The van der Waals surface area contributed by atoms with Crippen molar-refractivity contribution in [3.05, 3.63) is 0 Å². The predicted octanol–water partition coefficient (Wildman–Crippen LogP) is 11.1. The Morgan fingerprint density at radius 3 is 1.22 bits per heavy atom. The van der Waals surface area contributed by atoms with Crippen molar-refractivity contribution in [1.82, 2.24) is 5.32 Å². The maximum Gasteiger partial charge on any atom is 0.220 e. The van der Waals surface area contributed by atoms with Crippen molar-refractivity contribution in [2.45, 2.75) is 294 Å². The van der Waals surface area contributed by atoms with Gasteiger partial charge in [0.2, 0.25) is 5.91 Å². The van der Waals surface area contributed by atoms with Crippen molar-refractivity contribution in [1.29, 1.82) is 0 Å². The molecule has 9 heteroatoms. The molecule has 0 aliphatic carbocycles. The molecule has 6 N–H and O–H groups in total. The molecule has 0 bridgehead atoms. The van der Waals surface area contributed by atoms with Crippen LogP contribution in [-0.2, 0) is 14.3 Å². The highest BCUT2D eigenvalue weighted by atomic mass is 16.7. The molecule has 1 aliphatic heterocycles. The van der Waals surface area contributed by atoms with Crippen LogP contribution in [0.15, 0.2) is 0 Å². The molecule has 0 spiro atoms. The van der Waals surface area contributed by atoms with Gasteiger partial charge in [0.25, 0.3) is 0 Å². The van der Waals surface area contributed by atoms with E-state index in [2.05, 4.69) is 19.2 Å². The van der Waals surface area contributed by atoms with Crippen LogP contribution in [0.25, 0.3) is 0 Å². The number of nitrogens with one attached hydrogen (secondary N) is 1. The van der Waals surface area contributed by atoms with E-state index >= 15 is 0 Å². The Morgan fingerprint density at radius 2 is 0.862 bits per heavy atom. The summed E-state index contributed by atoms with van der Waals surface area (Å²) in [5, 5.41) is 54.4. The second-order valence-corrected chi connectivity index (χ2v) is 18.0. The van der Waals surface area contributed by atoms with Crippen molar-refractivity contribution in [3.8, 4) is 0 Å². The molecule has 0 aromatic rings. The van der Waals surface area contributed by atoms with Crippen molar-refractivity contribution in [3.63, 3.8) is 0 Å². The van der Waals surface area contributed by atoms with Crippen LogP contribution in [0, 0.1) is 0 Å². The van der Waals surface area contributed by atoms with Crippen molar-refractivity contribution >= 4 is 5.91 Å². The molecule has 0 saturated carbocycles. The monoisotopic (exact) mass is 828 g/mol. The van der Waals surface area contributed by atoms with E-state index in [-0.39, 0.29) is 12.5 Å². The molecule has 7 unspecified atom stereocenters. The highest BCUT2D eigenvalue weighted by Crippen LogP contribution is 2.23. The molecular formula is C49H97NO8. The van der Waals surface area contributed by atoms with Crippen LogP contribution < -0.4 is 5.32 Å². The largest absolute Gasteiger partial charge is 0.394 e. The van der Waals surface area contributed by atoms with Crippen LogP contribution in [-0.4, -0.2) is 87.5 Å². The summed E-state index contributed by atoms with van der Waals surface area (Å²) in [5.41, 5.74) is 0. The average molecular weight is 828 g/mol. The van der Waals surface area contributed by atoms with E-state index in [0.29, 0.717) is 12.8 Å². The summed E-state index contributed by atoms with van der Waals surface area (Å²) in [7, 11) is 0. The summed E-state index contributed by atoms with van der Waals surface area (Å²) in [5.74, 6) is -0.139. The van der Waals surface area contributed by atoms with Gasteiger partial charge in [0, 0.05) is 6.42 Å². The molecule has 1 amide bonds. The number of aliphatic hydroxyl groups is 5. The first kappa shape index (κ1) is 55.2. The van der Waals surface area contributed by atoms with Crippen LogP contribution in [0.4, 0.5) is 0 Å². The number of rotatable bonds is 43. The Bertz CT molecular complexity index is 878. The summed E-state index contributed by atoms with van der Waals surface area (Å²) < 4.78 is 11.3. The van der Waals surface area contributed by atoms with Gasteiger partial charge in [-0.25, -0.2) is 0 Å². The molecule has 1 rings (SSSR count). The number of hydrogen-bond donors (Lipinski definition) is 6. The Kier molecular flexibility index (Phi) is 38.3. The highest BCUT2D eigenvalue weighted by Gasteiger charge is 2.44. The average Bonchev–Trinajstić information content (AvgIpc) is 3.22. The molecular weight excluding hydrogens is 731 g/mol. The lowest BCUT2D eigenvalue weighted by molar-refractivity contribution is -0.302. The van der Waals surface area contributed by atoms with Gasteiger partial charge < -0.3 is 40.3 Å². The lowest BCUT2D eigenvalue weighted by Crippen LogP contribution is -2.60. The maximum absolute atomic E-state index is 13.0. The second kappa shape index (κ2) is 40.3. The summed E-state index contributed by atoms with van der Waals surface area (Å²) in [4.78, 5) is 13.0. The Balaban J connectivity index is 2.20. The van der Waals surface area contributed by atoms with E-state index in [9.17, 15) is 30.3 Å². The highest BCUT2D eigenvalue weighted by molar-refractivity contribution is 5.76. The Hall–Kier alpha value is -0.810. The molecule has 1 fully saturated rings. The van der Waals surface area contributed by atoms with E-state index in [1.165, 1.54) is 186 Å². The number of unbranched alkanes of at least 4 members (excludes halogenated alkanes) is 33. The third kappa shape index (κ3) is 30.3. The van der Waals surface area contributed by atoms with E-state index < -0.39 is 49.5 Å². The van der Waals surface area contributed by atoms with Crippen LogP contribution >= 0.6 is 0 Å². The molecule has 0 radical (unpaired) electrons. The summed E-state index contributed by atoms with van der Waals surface area (Å²) in [6.45, 7) is 3.85. The second-order valence-electron chi connectivity index (χ2n) is 18.0. The van der Waals surface area contributed by atoms with Crippen LogP contribution in [0.2, 0.25) is 0 Å². The van der Waals surface area contributed by atoms with Gasteiger partial charge in [0.15, 0.2) is 6.29 Å². The van der Waals surface area contributed by atoms with E-state index in [1.54, 1.807) is 0 Å². The number of carbonyl (C=O) groups excluding carboxylic acids is 1. The van der Waals surface area contributed by atoms with E-state index in [0.717, 1.165) is 38.5 Å². The SMILES string of the molecule is CCCCCCCCCCCCCCCCCCCCCCCCCC(=O)NC(COC1OC(CO)C(O)C(O)C1O)C(O)CCCCCCCCCCCCCC. The third-order valence-electron chi connectivity index (χ3n) is 12.5. The van der Waals surface area contributed by atoms with Gasteiger partial charge in [-0.2, -0.15) is 0 Å². The number of carbonyl (C=O) groups is 1. The first-order valence-corrected chi connectivity index (χ1v) is 25.2. The number of hydrogen-bond acceptors (Lipinski definition) is 8. The molecule has 9 nitrogen and oxygen atoms in total. The predicted molar refractivity (Wildman–Crippen MR) is 240 cm³/mol. The van der Waals surface area contributed by atoms with Gasteiger partial charge in [-0.3, -0.25) is 4.79 Å². The number of aliphatic hydroxyl groups excluding tert-OH is 5. The maximum atomic E-state index is 13.0. The van der Waals surface area contributed by atoms with Crippen LogP contribution in [0.3, 0.4) is 0 Å². The van der Waals surface area contributed by atoms with Crippen molar-refractivity contribution in [2.24, 2.45) is 0 Å². The molecule has 1 saturated heterocycles. The molecule has 346 valence electrons. The van der Waals surface area contributed by atoms with E-state index in [4.69, 9.17) is 9.47 Å². The zero-order chi connectivity index (χ0) is 42.3. The summed E-state index contributed by atoms with van der Waals surface area (Å²) in [6.07, 6.45) is 38.4. The molecule has 0 aromatic carbocycles. The van der Waals surface area contributed by atoms with Gasteiger partial charge in [-0.05, 0) is 12.8 Å². The van der Waals surface area contributed by atoms with Crippen LogP contribution in [0.5, 0.6) is 0 Å². The molecule has 7 atom stereocenters. The van der Waals surface area contributed by atoms with Crippen molar-refractivity contribution in [2.75, 3.05) is 13.2 Å². The standard InChI is InChI=1S/C49H97NO8/c1-3-5-7-9-11-13-15-17-18-19-20-21-22-23-24-25-26-27-29-31-33-35-37-39-45(53)50-42(41-57-49-48(56)47(55)46(54)44(40-51)58-49)43(52)38-36-34-32-30-28-16-14-12-10-8-6-4-2/h42-44,46-49,51-52,54-56H,3-41H2,1-2H3,(H,50,53). The minimum atomic E-state index is -1.55. The Morgan fingerprint density at radius 1 is 0.517 bits per heavy atom. The third-order valence-corrected chi connectivity index (χ3v) is 12.5. The van der Waals surface area contributed by atoms with Gasteiger partial charge >= 0.3 is 0 Å². The topological polar surface area (TPSA) is 149 Å². The number of amides is 1. The lowest BCUT2D eigenvalue weighted by atomic mass is 9.99. The van der Waals surface area contributed by atoms with Gasteiger partial charge in [0.05, 0.1) is 25.4 Å². The Labute approximate surface area is 357 Å². The quantitative estimate of drug-likeness (QED) is 0.0333. The first-order valence-electron chi connectivity index (χ1n) is 25.2. The molecule has 1 heterocycles. The fourth-order valence-corrected chi connectivity index (χ4v) is 8.40. The smallest absolute Gasteiger partial charge is 0.220 e. The van der Waals surface area contributed by atoms with Gasteiger partial charge in [-0.1, -0.05) is 232 Å². The molecule has 1 aliphatic rings. The summed E-state index contributed by atoms with van der Waals surface area (Å²) in [6, 6.07) is -0.711. The number of ether oxygens (including phenoxy) is 2. The minimum Gasteiger partial charge on any atom is -0.394 e. The first-order chi connectivity index (χ1) is 28.3. The fraction of sp³-hybridized carbons (Fsp3) is 0.980. The van der Waals surface area contributed by atoms with E-state index in [1.807, 2.05) is 0 Å². The fourth-order valence-electron chi connectivity index (χ4n) is 8.40.